The normalized spacial score (nSPS) is 28.5. The molecular weight excluding hydrogens is 1740 g/mol. The number of fused-ring (bicyclic) bond motifs is 7. The maximum Gasteiger partial charge on any atom is 0.410 e. The molecule has 4 amide bonds. The molecule has 732 valence electrons. The van der Waals surface area contributed by atoms with Crippen molar-refractivity contribution in [1.29, 1.82) is 0 Å². The van der Waals surface area contributed by atoms with Gasteiger partial charge in [0.25, 0.3) is 23.6 Å². The molecule has 36 heteroatoms. The molecule has 15 rings (SSSR count). The van der Waals surface area contributed by atoms with E-state index in [-0.39, 0.29) is 73.7 Å². The number of hydrogen-bond donors (Lipinski definition) is 4. The summed E-state index contributed by atoms with van der Waals surface area (Å²) >= 11 is 0. The van der Waals surface area contributed by atoms with Gasteiger partial charge in [0.15, 0.2) is 17.0 Å². The van der Waals surface area contributed by atoms with Crippen LogP contribution in [0.5, 0.6) is 0 Å². The fourth-order valence-electron chi connectivity index (χ4n) is 20.7. The number of carbonyl (C=O) groups is 7. The average molecular weight is 1880 g/mol. The second-order valence-corrected chi connectivity index (χ2v) is 38.3. The van der Waals surface area contributed by atoms with Gasteiger partial charge in [0.05, 0.1) is 73.8 Å². The number of aromatic nitrogens is 9. The van der Waals surface area contributed by atoms with Crippen molar-refractivity contribution in [2.24, 2.45) is 35.5 Å². The minimum absolute atomic E-state index is 0.00352. The lowest BCUT2D eigenvalue weighted by molar-refractivity contribution is -0.265. The third-order valence-electron chi connectivity index (χ3n) is 28.9. The lowest BCUT2D eigenvalue weighted by Crippen LogP contribution is -2.61. The van der Waals surface area contributed by atoms with E-state index in [1.54, 1.807) is 64.7 Å². The van der Waals surface area contributed by atoms with E-state index in [9.17, 15) is 39.0 Å². The summed E-state index contributed by atoms with van der Waals surface area (Å²) in [6.07, 6.45) is 18.5. The van der Waals surface area contributed by atoms with Crippen LogP contribution < -0.4 is 21.3 Å². The minimum atomic E-state index is -2.46. The van der Waals surface area contributed by atoms with Crippen molar-refractivity contribution in [1.82, 2.24) is 69.2 Å². The molecule has 136 heavy (non-hydrogen) atoms. The first-order chi connectivity index (χ1) is 65.5. The Hall–Kier alpha value is -11.1. The molecule has 0 spiro atoms. The zero-order valence-corrected chi connectivity index (χ0v) is 80.3. The molecule has 5 fully saturated rings. The summed E-state index contributed by atoms with van der Waals surface area (Å²) in [6.45, 7) is 22.0. The third kappa shape index (κ3) is 23.3. The molecule has 7 aromatic rings. The molecule has 8 aliphatic rings. The Morgan fingerprint density at radius 1 is 0.684 bits per heavy atom. The molecular formula is C100H134N18O18. The van der Waals surface area contributed by atoms with Crippen LogP contribution in [0.3, 0.4) is 0 Å². The zero-order valence-electron chi connectivity index (χ0n) is 80.3. The number of hydrogen-bond acceptors (Lipinski definition) is 31. The van der Waals surface area contributed by atoms with E-state index >= 15 is 4.79 Å². The van der Waals surface area contributed by atoms with Gasteiger partial charge in [0, 0.05) is 180 Å². The number of amides is 4. The molecule has 0 unspecified atom stereocenters. The molecule has 7 aliphatic heterocycles. The van der Waals surface area contributed by atoms with Gasteiger partial charge in [0.1, 0.15) is 53.8 Å². The largest absolute Gasteiger partial charge is 0.460 e. The first kappa shape index (κ1) is 99.4. The highest BCUT2D eigenvalue weighted by atomic mass is 16.6. The van der Waals surface area contributed by atoms with Crippen molar-refractivity contribution >= 4 is 87.2 Å². The molecule has 4 saturated heterocycles. The van der Waals surface area contributed by atoms with Crippen LogP contribution in [-0.2, 0) is 94.3 Å². The Balaban J connectivity index is 0.488. The number of aliphatic hydroxyl groups excluding tert-OH is 1. The first-order valence-electron chi connectivity index (χ1n) is 48.3. The van der Waals surface area contributed by atoms with Crippen LogP contribution in [0, 0.1) is 35.5 Å². The summed E-state index contributed by atoms with van der Waals surface area (Å²) in [5.74, 6) is -6.02. The molecule has 2 aromatic carbocycles. The molecule has 5 aromatic heterocycles. The van der Waals surface area contributed by atoms with Crippen molar-refractivity contribution in [3.05, 3.63) is 142 Å². The van der Waals surface area contributed by atoms with Gasteiger partial charge in [-0.25, -0.2) is 44.2 Å². The smallest absolute Gasteiger partial charge is 0.410 e. The number of methoxy groups -OCH3 is 4. The molecule has 36 nitrogen and oxygen atoms in total. The second kappa shape index (κ2) is 45.0. The summed E-state index contributed by atoms with van der Waals surface area (Å²) in [6, 6.07) is 10.8. The van der Waals surface area contributed by atoms with Crippen LogP contribution in [0.15, 0.2) is 113 Å². The SMILES string of the molecule is CO[C@H]1C[C@@H]2CC[C@@H](C)[C@@](O)(O2)C(=O)C(=O)N2CCCC[C@H]2C(=O)O[C@H]([C@H](C)C[C@@H]2CC[C@@H](OC(=O)N3CCc4nc(N5CCN(C(=O)CCOCCN6CCN(c7ncc(C(=O)N8CCc9cc(Cn%10nc(-c%11ccc%12oc(N)nc%12c%11)c%11c(N)ncnc%11%10)ccc9C8)cn7)CC6)CC5)ncc4C3)[C@H](OC)C2)C[C@@H](OC)[C@H](C)/C=C(\C)[C@@H](O)[C@@H](OC)C(=O)[C@H](C)C[C@H](C)/C=C/C=C/C=C/1C. The van der Waals surface area contributed by atoms with Gasteiger partial charge in [-0.15, -0.1) is 0 Å². The topological polar surface area (TPSA) is 430 Å². The number of nitrogens with zero attached hydrogens (tertiary/aromatic N) is 16. The highest BCUT2D eigenvalue weighted by molar-refractivity contribution is 6.39. The lowest BCUT2D eigenvalue weighted by Gasteiger charge is -2.43. The van der Waals surface area contributed by atoms with Crippen LogP contribution in [0.4, 0.5) is 28.5 Å². The summed E-state index contributed by atoms with van der Waals surface area (Å²) in [5.41, 5.74) is 22.2. The molecule has 2 bridgehead atoms. The highest BCUT2D eigenvalue weighted by Crippen LogP contribution is 2.41. The standard InChI is InChI=1S/C100H134N18O18/c1-60-17-13-12-14-18-61(2)80(128-8)51-74-25-20-66(7)100(127,136-74)90(122)94(124)117-31-16-15-19-77(117)95(125)133-82(52-81(129-9)62(3)46-65(6)88(121)89(131-11)87(120)64(5)45-60)63(4)47-67-22-26-79(83(49-67)130-10)135-99(126)116-33-29-75-73(58-116)55-105-98(109-75)114-40-38-112(39-41-114)84(119)30-43-132-44-42-111-34-36-113(37-35-111)97-103-53-72(54-104-97)93(123)115-32-28-69-48-68(21-23-71(69)57-115)56-118-92-85(91(101)106-59-107-92)86(110-118)70-24-27-78-76(50-70)108-96(102)134-78/h12-14,17-18,21,23-24,27,46,48,50,53-55,59-60,62-64,66-67,74,77,79-83,88-89,121,127H,15-16,19-20,22,25-26,28-45,47,49,51-52,56-58H2,1-11H3,(H2,102,108)(H2,101,106,107)/b14-12+,17-13+,61-18+,65-46+/t60-,62-,63-,64-,66-,67+,74+,77+,79-,80+,81-,82+,83-,88-,89+,100-/m1/s1. The Morgan fingerprint density at radius 2 is 1.43 bits per heavy atom. The molecule has 0 radical (unpaired) electrons. The Kier molecular flexibility index (Phi) is 32.9. The number of anilines is 4. The van der Waals surface area contributed by atoms with E-state index in [2.05, 4.69) is 57.8 Å². The number of rotatable bonds is 20. The molecule has 1 saturated carbocycles. The fraction of sp³-hybridized carbons (Fsp3) is 0.590. The van der Waals surface area contributed by atoms with Crippen molar-refractivity contribution in [2.45, 2.75) is 225 Å². The Bertz CT molecular complexity index is 5520. The van der Waals surface area contributed by atoms with E-state index in [4.69, 9.17) is 68.8 Å². The van der Waals surface area contributed by atoms with Crippen molar-refractivity contribution in [3.8, 4) is 11.3 Å². The number of oxazole rings is 1. The van der Waals surface area contributed by atoms with Crippen molar-refractivity contribution in [2.75, 3.05) is 141 Å². The fourth-order valence-corrected chi connectivity index (χ4v) is 20.7. The maximum absolute atomic E-state index is 15.1. The summed E-state index contributed by atoms with van der Waals surface area (Å²) in [5, 5.41) is 29.7. The number of aliphatic hydroxyl groups is 2. The number of Topliss-reactive ketones (excluding diaryl/α,β-unsaturated/α-hetero) is 2. The van der Waals surface area contributed by atoms with Crippen LogP contribution in [-0.4, -0.2) is 302 Å². The zero-order chi connectivity index (χ0) is 96.2. The highest BCUT2D eigenvalue weighted by Gasteiger charge is 2.54. The van der Waals surface area contributed by atoms with Gasteiger partial charge in [-0.2, -0.15) is 10.1 Å². The number of cyclic esters (lactones) is 1. The summed E-state index contributed by atoms with van der Waals surface area (Å²) < 4.78 is 56.6. The molecule has 12 heterocycles. The Morgan fingerprint density at radius 3 is 2.20 bits per heavy atom. The predicted octanol–water partition coefficient (Wildman–Crippen LogP) is 9.65. The van der Waals surface area contributed by atoms with Crippen LogP contribution in [0.1, 0.15) is 170 Å². The number of ether oxygens (including phenoxy) is 8. The van der Waals surface area contributed by atoms with E-state index in [0.717, 1.165) is 52.2 Å². The van der Waals surface area contributed by atoms with Gasteiger partial charge < -0.3 is 93.4 Å². The lowest BCUT2D eigenvalue weighted by atomic mass is 9.78. The van der Waals surface area contributed by atoms with Crippen molar-refractivity contribution in [3.63, 3.8) is 0 Å². The predicted molar refractivity (Wildman–Crippen MR) is 507 cm³/mol. The monoisotopic (exact) mass is 1880 g/mol. The number of ketones is 2. The van der Waals surface area contributed by atoms with Gasteiger partial charge in [-0.1, -0.05) is 89.3 Å². The number of benzene rings is 2. The second-order valence-electron chi connectivity index (χ2n) is 38.3. The number of piperidine rings is 1. The quantitative estimate of drug-likeness (QED) is 0.0238. The van der Waals surface area contributed by atoms with E-state index in [1.165, 1.54) is 18.3 Å². The number of esters is 1. The van der Waals surface area contributed by atoms with Crippen LogP contribution in [0.2, 0.25) is 0 Å². The van der Waals surface area contributed by atoms with E-state index in [0.29, 0.717) is 219 Å². The van der Waals surface area contributed by atoms with Crippen molar-refractivity contribution < 1.29 is 86.1 Å². The van der Waals surface area contributed by atoms with Gasteiger partial charge in [-0.3, -0.25) is 28.9 Å². The maximum atomic E-state index is 15.1. The summed E-state index contributed by atoms with van der Waals surface area (Å²) in [4.78, 5) is 145. The van der Waals surface area contributed by atoms with Gasteiger partial charge in [0.2, 0.25) is 23.6 Å². The average Bonchev–Trinajstić information content (AvgIpc) is 1.30. The first-order valence-corrected chi connectivity index (χ1v) is 48.3. The molecule has 16 atom stereocenters. The number of nitrogen functional groups attached to an aromatic ring is 2. The van der Waals surface area contributed by atoms with Crippen LogP contribution in [0.25, 0.3) is 33.4 Å². The number of piperazine rings is 2. The number of allylic oxidation sites excluding steroid dienone is 5. The van der Waals surface area contributed by atoms with E-state index in [1.807, 2.05) is 97.7 Å². The Labute approximate surface area is 794 Å². The van der Waals surface area contributed by atoms with Gasteiger partial charge in [-0.05, 0) is 148 Å². The number of nitrogens with two attached hydrogens (primary N) is 2. The number of carbonyl (C=O) groups excluding carboxylic acids is 7. The van der Waals surface area contributed by atoms with Crippen LogP contribution >= 0.6 is 0 Å². The summed E-state index contributed by atoms with van der Waals surface area (Å²) in [7, 11) is 6.19. The molecule has 1 aliphatic carbocycles. The van der Waals surface area contributed by atoms with E-state index < -0.39 is 102 Å². The molecule has 6 N–H and O–H groups in total. The minimum Gasteiger partial charge on any atom is -0.460 e. The third-order valence-corrected chi connectivity index (χ3v) is 28.9. The van der Waals surface area contributed by atoms with Gasteiger partial charge >= 0.3 is 12.1 Å².